The Bertz CT molecular complexity index is 1040. The molecule has 0 aliphatic carbocycles. The van der Waals surface area contributed by atoms with Gasteiger partial charge in [0.25, 0.3) is 12.3 Å². The van der Waals surface area contributed by atoms with Gasteiger partial charge in [0.2, 0.25) is 0 Å². The van der Waals surface area contributed by atoms with E-state index in [1.165, 1.54) is 7.05 Å². The van der Waals surface area contributed by atoms with Gasteiger partial charge in [-0.1, -0.05) is 23.1 Å². The molecule has 6 nitrogen and oxygen atoms in total. The van der Waals surface area contributed by atoms with Gasteiger partial charge in [-0.3, -0.25) is 9.78 Å². The molecule has 136 valence electrons. The Balaban J connectivity index is 1.86. The highest BCUT2D eigenvalue weighted by molar-refractivity contribution is 6.04. The fraction of sp³-hybridized carbons (Fsp3) is 0.158. The molecule has 0 saturated carbocycles. The summed E-state index contributed by atoms with van der Waals surface area (Å²) >= 11 is 0. The lowest BCUT2D eigenvalue weighted by atomic mass is 10.0. The van der Waals surface area contributed by atoms with Crippen LogP contribution < -0.4 is 5.32 Å². The van der Waals surface area contributed by atoms with Crippen LogP contribution in [-0.4, -0.2) is 25.9 Å². The molecule has 0 bridgehead atoms. The van der Waals surface area contributed by atoms with Gasteiger partial charge in [-0.05, 0) is 36.8 Å². The van der Waals surface area contributed by atoms with Gasteiger partial charge in [0, 0.05) is 36.1 Å². The van der Waals surface area contributed by atoms with E-state index in [1.54, 1.807) is 36.7 Å². The van der Waals surface area contributed by atoms with Crippen LogP contribution in [0.3, 0.4) is 0 Å². The average molecular weight is 367 g/mol. The molecular formula is C19H15F2N5O. The normalized spacial score (nSPS) is 10.4. The standard InChI is InChI=1S/C19H15F2N5O/c1-12-5-7-15(10-14(12)8-6-13-4-3-9-22-11-13)19(27)23-18-16(17(20)21)26(2)25-24-18/h3-5,7,9-11,17H,1-2H3,(H,23,27). The quantitative estimate of drug-likeness (QED) is 0.722. The summed E-state index contributed by atoms with van der Waals surface area (Å²) in [4.78, 5) is 16.4. The molecule has 0 aliphatic heterocycles. The Morgan fingerprint density at radius 3 is 2.78 bits per heavy atom. The second-order valence-corrected chi connectivity index (χ2v) is 5.72. The summed E-state index contributed by atoms with van der Waals surface area (Å²) in [6.07, 6.45) is 0.486. The second-order valence-electron chi connectivity index (χ2n) is 5.72. The highest BCUT2D eigenvalue weighted by Gasteiger charge is 2.22. The van der Waals surface area contributed by atoms with Crippen molar-refractivity contribution in [3.05, 3.63) is 70.7 Å². The molecule has 0 aliphatic rings. The first kappa shape index (κ1) is 18.2. The van der Waals surface area contributed by atoms with E-state index >= 15 is 0 Å². The second kappa shape index (κ2) is 7.74. The van der Waals surface area contributed by atoms with Crippen molar-refractivity contribution in [2.24, 2.45) is 7.05 Å². The van der Waals surface area contributed by atoms with Crippen molar-refractivity contribution in [2.45, 2.75) is 13.3 Å². The third-order valence-electron chi connectivity index (χ3n) is 3.81. The minimum Gasteiger partial charge on any atom is -0.303 e. The number of benzene rings is 1. The predicted octanol–water partition coefficient (Wildman–Crippen LogP) is 3.11. The summed E-state index contributed by atoms with van der Waals surface area (Å²) in [6.45, 7) is 1.87. The Labute approximate surface area is 154 Å². The maximum atomic E-state index is 13.1. The number of hydrogen-bond donors (Lipinski definition) is 1. The van der Waals surface area contributed by atoms with Crippen LogP contribution in [0.15, 0.2) is 42.7 Å². The van der Waals surface area contributed by atoms with Crippen molar-refractivity contribution >= 4 is 11.7 Å². The lowest BCUT2D eigenvalue weighted by molar-refractivity contribution is 0.102. The predicted molar refractivity (Wildman–Crippen MR) is 95.3 cm³/mol. The number of anilines is 1. The van der Waals surface area contributed by atoms with Crippen LogP contribution in [0.25, 0.3) is 0 Å². The first-order valence-electron chi connectivity index (χ1n) is 7.97. The van der Waals surface area contributed by atoms with E-state index in [0.29, 0.717) is 5.56 Å². The van der Waals surface area contributed by atoms with Crippen LogP contribution in [0.2, 0.25) is 0 Å². The molecule has 0 saturated heterocycles. The van der Waals surface area contributed by atoms with Gasteiger partial charge in [0.05, 0.1) is 0 Å². The number of halogens is 2. The maximum absolute atomic E-state index is 13.1. The van der Waals surface area contributed by atoms with E-state index in [0.717, 1.165) is 15.8 Å². The molecule has 3 aromatic rings. The zero-order valence-corrected chi connectivity index (χ0v) is 14.6. The van der Waals surface area contributed by atoms with Gasteiger partial charge in [-0.15, -0.1) is 5.10 Å². The van der Waals surface area contributed by atoms with Crippen LogP contribution in [0, 0.1) is 18.8 Å². The highest BCUT2D eigenvalue weighted by Crippen LogP contribution is 2.24. The molecule has 0 radical (unpaired) electrons. The monoisotopic (exact) mass is 367 g/mol. The summed E-state index contributed by atoms with van der Waals surface area (Å²) in [6, 6.07) is 8.55. The SMILES string of the molecule is Cc1ccc(C(=O)Nc2nnn(C)c2C(F)F)cc1C#Cc1cccnc1. The minimum atomic E-state index is -2.81. The molecule has 1 amide bonds. The molecule has 0 unspecified atom stereocenters. The van der Waals surface area contributed by atoms with Crippen LogP contribution in [0.4, 0.5) is 14.6 Å². The molecule has 27 heavy (non-hydrogen) atoms. The molecule has 0 atom stereocenters. The van der Waals surface area contributed by atoms with Gasteiger partial charge in [0.1, 0.15) is 5.69 Å². The Hall–Kier alpha value is -3.60. The largest absolute Gasteiger partial charge is 0.303 e. The highest BCUT2D eigenvalue weighted by atomic mass is 19.3. The number of alkyl halides is 2. The lowest BCUT2D eigenvalue weighted by Crippen LogP contribution is -2.14. The van der Waals surface area contributed by atoms with Crippen LogP contribution >= 0.6 is 0 Å². The number of aryl methyl sites for hydroxylation is 2. The van der Waals surface area contributed by atoms with E-state index in [2.05, 4.69) is 32.5 Å². The number of nitrogens with zero attached hydrogens (tertiary/aromatic N) is 4. The number of hydrogen-bond acceptors (Lipinski definition) is 4. The van der Waals surface area contributed by atoms with Crippen molar-refractivity contribution < 1.29 is 13.6 Å². The number of carbonyl (C=O) groups is 1. The van der Waals surface area contributed by atoms with E-state index in [1.807, 2.05) is 13.0 Å². The third kappa shape index (κ3) is 4.15. The fourth-order valence-corrected chi connectivity index (χ4v) is 2.35. The van der Waals surface area contributed by atoms with Crippen LogP contribution in [0.5, 0.6) is 0 Å². The summed E-state index contributed by atoms with van der Waals surface area (Å²) in [5, 5.41) is 9.49. The zero-order chi connectivity index (χ0) is 19.4. The molecule has 0 fully saturated rings. The average Bonchev–Trinajstić information content (AvgIpc) is 3.02. The van der Waals surface area contributed by atoms with E-state index in [4.69, 9.17) is 0 Å². The summed E-state index contributed by atoms with van der Waals surface area (Å²) in [7, 11) is 1.34. The molecule has 2 heterocycles. The van der Waals surface area contributed by atoms with Crippen molar-refractivity contribution in [2.75, 3.05) is 5.32 Å². The lowest BCUT2D eigenvalue weighted by Gasteiger charge is -2.07. The molecule has 3 rings (SSSR count). The Morgan fingerprint density at radius 1 is 1.26 bits per heavy atom. The topological polar surface area (TPSA) is 72.7 Å². The Kier molecular flexibility index (Phi) is 5.22. The van der Waals surface area contributed by atoms with Crippen molar-refractivity contribution in [3.8, 4) is 11.8 Å². The first-order chi connectivity index (χ1) is 13.0. The van der Waals surface area contributed by atoms with Gasteiger partial charge >= 0.3 is 0 Å². The minimum absolute atomic E-state index is 0.263. The van der Waals surface area contributed by atoms with Crippen LogP contribution in [-0.2, 0) is 7.05 Å². The number of nitrogens with one attached hydrogen (secondary N) is 1. The maximum Gasteiger partial charge on any atom is 0.283 e. The summed E-state index contributed by atoms with van der Waals surface area (Å²) in [5.41, 5.74) is 2.11. The number of carbonyl (C=O) groups excluding carboxylic acids is 1. The Morgan fingerprint density at radius 2 is 2.07 bits per heavy atom. The molecular weight excluding hydrogens is 352 g/mol. The fourth-order valence-electron chi connectivity index (χ4n) is 2.35. The number of rotatable bonds is 3. The van der Waals surface area contributed by atoms with E-state index in [9.17, 15) is 13.6 Å². The molecule has 1 aromatic carbocycles. The number of pyridine rings is 1. The first-order valence-corrected chi connectivity index (χ1v) is 7.97. The molecule has 1 N–H and O–H groups in total. The molecule has 0 spiro atoms. The molecule has 8 heteroatoms. The molecule has 2 aromatic heterocycles. The smallest absolute Gasteiger partial charge is 0.283 e. The van der Waals surface area contributed by atoms with Gasteiger partial charge < -0.3 is 5.32 Å². The number of amides is 1. The van der Waals surface area contributed by atoms with Crippen LogP contribution in [0.1, 0.15) is 39.2 Å². The van der Waals surface area contributed by atoms with Crippen molar-refractivity contribution in [1.29, 1.82) is 0 Å². The summed E-state index contributed by atoms with van der Waals surface area (Å²) in [5.74, 6) is 5.15. The van der Waals surface area contributed by atoms with E-state index < -0.39 is 18.0 Å². The third-order valence-corrected chi connectivity index (χ3v) is 3.81. The number of aromatic nitrogens is 4. The van der Waals surface area contributed by atoms with Gasteiger partial charge in [0.15, 0.2) is 5.82 Å². The zero-order valence-electron chi connectivity index (χ0n) is 14.6. The van der Waals surface area contributed by atoms with Gasteiger partial charge in [-0.25, -0.2) is 13.5 Å². The van der Waals surface area contributed by atoms with Crippen molar-refractivity contribution in [3.63, 3.8) is 0 Å². The van der Waals surface area contributed by atoms with Crippen molar-refractivity contribution in [1.82, 2.24) is 20.0 Å². The summed E-state index contributed by atoms with van der Waals surface area (Å²) < 4.78 is 27.1. The van der Waals surface area contributed by atoms with E-state index in [-0.39, 0.29) is 11.4 Å². The van der Waals surface area contributed by atoms with Gasteiger partial charge in [-0.2, -0.15) is 0 Å².